The molecule has 138 valence electrons. The van der Waals surface area contributed by atoms with E-state index in [-0.39, 0.29) is 11.4 Å². The average Bonchev–Trinajstić information content (AvgIpc) is 3.16. The van der Waals surface area contributed by atoms with Crippen LogP contribution in [0.3, 0.4) is 0 Å². The minimum absolute atomic E-state index is 0.00752. The summed E-state index contributed by atoms with van der Waals surface area (Å²) in [4.78, 5) is 12.2. The third-order valence-electron chi connectivity index (χ3n) is 3.90. The van der Waals surface area contributed by atoms with Crippen molar-refractivity contribution in [2.24, 2.45) is 0 Å². The van der Waals surface area contributed by atoms with Crippen molar-refractivity contribution in [3.05, 3.63) is 88.4 Å². The Morgan fingerprint density at radius 3 is 2.48 bits per heavy atom. The predicted octanol–water partition coefficient (Wildman–Crippen LogP) is 4.29. The SMILES string of the molecule is O=[N+]([O-])c1ccc(NC(=S)N(Cc2ccco2)Cc2ccccc2O)cc1. The largest absolute Gasteiger partial charge is 0.508 e. The molecule has 2 aromatic carbocycles. The molecule has 0 aliphatic rings. The first-order valence-corrected chi connectivity index (χ1v) is 8.53. The summed E-state index contributed by atoms with van der Waals surface area (Å²) in [7, 11) is 0. The number of nitrogens with one attached hydrogen (secondary N) is 1. The van der Waals surface area contributed by atoms with Gasteiger partial charge in [-0.1, -0.05) is 18.2 Å². The van der Waals surface area contributed by atoms with Gasteiger partial charge in [-0.15, -0.1) is 0 Å². The van der Waals surface area contributed by atoms with Crippen molar-refractivity contribution < 1.29 is 14.4 Å². The number of thiocarbonyl (C=S) groups is 1. The highest BCUT2D eigenvalue weighted by atomic mass is 32.1. The molecule has 0 fully saturated rings. The molecule has 0 amide bonds. The van der Waals surface area contributed by atoms with Gasteiger partial charge < -0.3 is 19.7 Å². The molecule has 3 rings (SSSR count). The highest BCUT2D eigenvalue weighted by Crippen LogP contribution is 2.21. The van der Waals surface area contributed by atoms with Crippen LogP contribution < -0.4 is 5.32 Å². The quantitative estimate of drug-likeness (QED) is 0.373. The first-order chi connectivity index (χ1) is 13.0. The van der Waals surface area contributed by atoms with Crippen molar-refractivity contribution in [2.45, 2.75) is 13.1 Å². The number of hydrogen-bond acceptors (Lipinski definition) is 5. The third-order valence-corrected chi connectivity index (χ3v) is 4.26. The number of para-hydroxylation sites is 1. The Morgan fingerprint density at radius 1 is 1.11 bits per heavy atom. The minimum Gasteiger partial charge on any atom is -0.508 e. The van der Waals surface area contributed by atoms with Crippen LogP contribution in [0.15, 0.2) is 71.3 Å². The highest BCUT2D eigenvalue weighted by molar-refractivity contribution is 7.80. The smallest absolute Gasteiger partial charge is 0.269 e. The fourth-order valence-electron chi connectivity index (χ4n) is 2.51. The lowest BCUT2D eigenvalue weighted by molar-refractivity contribution is -0.384. The molecular formula is C19H17N3O4S. The molecule has 0 saturated heterocycles. The zero-order valence-electron chi connectivity index (χ0n) is 14.2. The van der Waals surface area contributed by atoms with Crippen molar-refractivity contribution in [1.29, 1.82) is 0 Å². The summed E-state index contributed by atoms with van der Waals surface area (Å²) in [6.07, 6.45) is 1.58. The van der Waals surface area contributed by atoms with E-state index in [0.29, 0.717) is 23.9 Å². The molecule has 27 heavy (non-hydrogen) atoms. The fraction of sp³-hybridized carbons (Fsp3) is 0.105. The Morgan fingerprint density at radius 2 is 1.85 bits per heavy atom. The lowest BCUT2D eigenvalue weighted by Gasteiger charge is -2.25. The molecular weight excluding hydrogens is 366 g/mol. The second-order valence-corrected chi connectivity index (χ2v) is 6.18. The van der Waals surface area contributed by atoms with E-state index >= 15 is 0 Å². The van der Waals surface area contributed by atoms with E-state index in [1.807, 2.05) is 23.1 Å². The maximum Gasteiger partial charge on any atom is 0.269 e. The molecule has 0 atom stereocenters. The Bertz CT molecular complexity index is 926. The Labute approximate surface area is 161 Å². The van der Waals surface area contributed by atoms with Crippen molar-refractivity contribution in [3.63, 3.8) is 0 Å². The van der Waals surface area contributed by atoms with Crippen LogP contribution in [-0.2, 0) is 13.1 Å². The van der Waals surface area contributed by atoms with E-state index in [0.717, 1.165) is 11.3 Å². The maximum absolute atomic E-state index is 10.8. The topological polar surface area (TPSA) is 91.8 Å². The first-order valence-electron chi connectivity index (χ1n) is 8.12. The summed E-state index contributed by atoms with van der Waals surface area (Å²) in [5.41, 5.74) is 1.36. The van der Waals surface area contributed by atoms with Gasteiger partial charge in [0.2, 0.25) is 0 Å². The standard InChI is InChI=1S/C19H17N3O4S/c23-18-6-2-1-4-14(18)12-21(13-17-5-3-11-26-17)19(27)20-15-7-9-16(10-8-15)22(24)25/h1-11,23H,12-13H2,(H,20,27). The zero-order chi connectivity index (χ0) is 19.2. The number of nitrogens with zero attached hydrogens (tertiary/aromatic N) is 2. The lowest BCUT2D eigenvalue weighted by Crippen LogP contribution is -2.33. The van der Waals surface area contributed by atoms with Gasteiger partial charge in [-0.2, -0.15) is 0 Å². The van der Waals surface area contributed by atoms with Crippen LogP contribution in [0.25, 0.3) is 0 Å². The molecule has 1 aromatic heterocycles. The molecule has 0 unspecified atom stereocenters. The highest BCUT2D eigenvalue weighted by Gasteiger charge is 2.15. The van der Waals surface area contributed by atoms with E-state index in [2.05, 4.69) is 5.32 Å². The van der Waals surface area contributed by atoms with Gasteiger partial charge in [0.15, 0.2) is 5.11 Å². The van der Waals surface area contributed by atoms with Crippen molar-refractivity contribution in [2.75, 3.05) is 5.32 Å². The van der Waals surface area contributed by atoms with Gasteiger partial charge in [-0.25, -0.2) is 0 Å². The van der Waals surface area contributed by atoms with Gasteiger partial charge in [0.25, 0.3) is 5.69 Å². The van der Waals surface area contributed by atoms with Crippen LogP contribution in [0.2, 0.25) is 0 Å². The number of phenolic OH excluding ortho intramolecular Hbond substituents is 1. The molecule has 2 N–H and O–H groups in total. The number of rotatable bonds is 6. The molecule has 0 aliphatic heterocycles. The number of furan rings is 1. The first kappa shape index (κ1) is 18.4. The second kappa shape index (κ2) is 8.33. The Kier molecular flexibility index (Phi) is 5.68. The average molecular weight is 383 g/mol. The normalized spacial score (nSPS) is 10.4. The molecule has 0 aliphatic carbocycles. The molecule has 0 radical (unpaired) electrons. The molecule has 0 spiro atoms. The number of anilines is 1. The number of hydrogen-bond donors (Lipinski definition) is 2. The van der Waals surface area contributed by atoms with Crippen LogP contribution in [0.4, 0.5) is 11.4 Å². The Hall–Kier alpha value is -3.39. The maximum atomic E-state index is 10.8. The molecule has 1 heterocycles. The second-order valence-electron chi connectivity index (χ2n) is 5.80. The van der Waals surface area contributed by atoms with Crippen LogP contribution in [-0.4, -0.2) is 20.0 Å². The number of non-ortho nitro benzene ring substituents is 1. The summed E-state index contributed by atoms with van der Waals surface area (Å²) in [5, 5.41) is 24.3. The minimum atomic E-state index is -0.455. The van der Waals surface area contributed by atoms with Crippen LogP contribution >= 0.6 is 12.2 Å². The number of nitro benzene ring substituents is 1. The summed E-state index contributed by atoms with van der Waals surface area (Å²) < 4.78 is 5.41. The molecule has 8 heteroatoms. The fourth-order valence-corrected chi connectivity index (χ4v) is 2.76. The van der Waals surface area contributed by atoms with Gasteiger partial charge in [0, 0.05) is 29.9 Å². The molecule has 0 saturated carbocycles. The van der Waals surface area contributed by atoms with Gasteiger partial charge >= 0.3 is 0 Å². The summed E-state index contributed by atoms with van der Waals surface area (Å²) >= 11 is 5.52. The van der Waals surface area contributed by atoms with Crippen LogP contribution in [0.5, 0.6) is 5.75 Å². The van der Waals surface area contributed by atoms with E-state index in [1.54, 1.807) is 36.6 Å². The summed E-state index contributed by atoms with van der Waals surface area (Å²) in [6.45, 7) is 0.770. The predicted molar refractivity (Wildman–Crippen MR) is 105 cm³/mol. The van der Waals surface area contributed by atoms with E-state index in [9.17, 15) is 15.2 Å². The zero-order valence-corrected chi connectivity index (χ0v) is 15.1. The number of aromatic hydroxyl groups is 1. The number of benzene rings is 2. The van der Waals surface area contributed by atoms with E-state index in [4.69, 9.17) is 16.6 Å². The Balaban J connectivity index is 1.77. The monoisotopic (exact) mass is 383 g/mol. The van der Waals surface area contributed by atoms with Gasteiger partial charge in [0.1, 0.15) is 11.5 Å². The van der Waals surface area contributed by atoms with Crippen LogP contribution in [0, 0.1) is 10.1 Å². The molecule has 3 aromatic rings. The van der Waals surface area contributed by atoms with Crippen molar-refractivity contribution in [3.8, 4) is 5.75 Å². The van der Waals surface area contributed by atoms with Crippen LogP contribution in [0.1, 0.15) is 11.3 Å². The summed E-state index contributed by atoms with van der Waals surface area (Å²) in [5.74, 6) is 0.901. The lowest BCUT2D eigenvalue weighted by atomic mass is 10.2. The van der Waals surface area contributed by atoms with Gasteiger partial charge in [-0.05, 0) is 42.5 Å². The van der Waals surface area contributed by atoms with Gasteiger partial charge in [0.05, 0.1) is 17.7 Å². The molecule has 0 bridgehead atoms. The van der Waals surface area contributed by atoms with Crippen molar-refractivity contribution in [1.82, 2.24) is 4.90 Å². The van der Waals surface area contributed by atoms with E-state index < -0.39 is 4.92 Å². The number of nitro groups is 1. The third kappa shape index (κ3) is 4.83. The van der Waals surface area contributed by atoms with Gasteiger partial charge in [-0.3, -0.25) is 10.1 Å². The summed E-state index contributed by atoms with van der Waals surface area (Å²) in [6, 6.07) is 16.7. The van der Waals surface area contributed by atoms with E-state index in [1.165, 1.54) is 12.1 Å². The molecule has 7 nitrogen and oxygen atoms in total. The van der Waals surface area contributed by atoms with Crippen molar-refractivity contribution >= 4 is 28.7 Å². The number of phenols is 1.